The zero-order valence-electron chi connectivity index (χ0n) is 10.4. The summed E-state index contributed by atoms with van der Waals surface area (Å²) < 4.78 is 18.8. The van der Waals surface area contributed by atoms with Gasteiger partial charge in [0.05, 0.1) is 18.8 Å². The zero-order chi connectivity index (χ0) is 13.4. The summed E-state index contributed by atoms with van der Waals surface area (Å²) in [7, 11) is 0. The molecule has 0 saturated carbocycles. The molecule has 0 bridgehead atoms. The van der Waals surface area contributed by atoms with Crippen molar-refractivity contribution in [1.29, 1.82) is 0 Å². The molecule has 0 fully saturated rings. The van der Waals surface area contributed by atoms with Gasteiger partial charge in [-0.3, -0.25) is 4.79 Å². The van der Waals surface area contributed by atoms with Gasteiger partial charge >= 0.3 is 0 Å². The van der Waals surface area contributed by atoms with Gasteiger partial charge in [0.15, 0.2) is 5.78 Å². The highest BCUT2D eigenvalue weighted by Gasteiger charge is 2.07. The maximum Gasteiger partial charge on any atom is 0.162 e. The van der Waals surface area contributed by atoms with Gasteiger partial charge in [-0.25, -0.2) is 4.39 Å². The molecule has 2 N–H and O–H groups in total. The van der Waals surface area contributed by atoms with Crippen LogP contribution in [0, 0.1) is 5.82 Å². The molecule has 0 radical (unpaired) electrons. The predicted octanol–water partition coefficient (Wildman–Crippen LogP) is 1.38. The number of carbonyl (C=O) groups is 1. The highest BCUT2D eigenvalue weighted by molar-refractivity contribution is 5.94. The van der Waals surface area contributed by atoms with Crippen LogP contribution in [-0.2, 0) is 0 Å². The Balaban J connectivity index is 2.35. The van der Waals surface area contributed by atoms with Gasteiger partial charge < -0.3 is 15.2 Å². The first-order chi connectivity index (χ1) is 8.65. The summed E-state index contributed by atoms with van der Waals surface area (Å²) in [5.74, 6) is -0.440. The molecule has 0 amide bonds. The van der Waals surface area contributed by atoms with E-state index in [-0.39, 0.29) is 18.0 Å². The van der Waals surface area contributed by atoms with Crippen molar-refractivity contribution in [2.45, 2.75) is 13.3 Å². The quantitative estimate of drug-likeness (QED) is 0.544. The van der Waals surface area contributed by atoms with Crippen molar-refractivity contribution < 1.29 is 19.0 Å². The minimum absolute atomic E-state index is 0.0759. The molecule has 0 aromatic heterocycles. The molecule has 0 unspecified atom stereocenters. The van der Waals surface area contributed by atoms with E-state index in [1.165, 1.54) is 19.1 Å². The Hall–Kier alpha value is -1.46. The van der Waals surface area contributed by atoms with Gasteiger partial charge in [-0.05, 0) is 32.0 Å². The fraction of sp³-hybridized carbons (Fsp3) is 0.462. The third kappa shape index (κ3) is 4.81. The number of aliphatic hydroxyl groups is 1. The molecule has 100 valence electrons. The first kappa shape index (κ1) is 14.6. The van der Waals surface area contributed by atoms with Gasteiger partial charge in [0, 0.05) is 12.6 Å². The van der Waals surface area contributed by atoms with E-state index in [9.17, 15) is 9.18 Å². The Morgan fingerprint density at radius 1 is 1.44 bits per heavy atom. The third-order valence-corrected chi connectivity index (χ3v) is 2.38. The smallest absolute Gasteiger partial charge is 0.162 e. The molecular weight excluding hydrogens is 237 g/mol. The maximum absolute atomic E-state index is 13.4. The minimum atomic E-state index is -0.557. The molecule has 1 aromatic carbocycles. The van der Waals surface area contributed by atoms with Crippen LogP contribution in [-0.4, -0.2) is 37.2 Å². The third-order valence-electron chi connectivity index (χ3n) is 2.38. The standard InChI is InChI=1S/C13H18FNO3/c1-10(17)12-4-3-11(9-13(12)14)18-8-2-5-15-6-7-16/h3-4,9,15-16H,2,5-8H2,1H3. The second kappa shape index (κ2) is 7.79. The number of rotatable bonds is 8. The van der Waals surface area contributed by atoms with Crippen LogP contribution in [0.25, 0.3) is 0 Å². The van der Waals surface area contributed by atoms with Gasteiger partial charge in [-0.15, -0.1) is 0 Å². The number of halogens is 1. The molecule has 0 aliphatic carbocycles. The molecular formula is C13H18FNO3. The van der Waals surface area contributed by atoms with Crippen LogP contribution in [0.2, 0.25) is 0 Å². The maximum atomic E-state index is 13.4. The van der Waals surface area contributed by atoms with Crippen LogP contribution in [0.1, 0.15) is 23.7 Å². The van der Waals surface area contributed by atoms with Crippen LogP contribution in [0.4, 0.5) is 4.39 Å². The number of ketones is 1. The topological polar surface area (TPSA) is 58.6 Å². The average molecular weight is 255 g/mol. The van der Waals surface area contributed by atoms with E-state index in [1.807, 2.05) is 0 Å². The van der Waals surface area contributed by atoms with E-state index >= 15 is 0 Å². The lowest BCUT2D eigenvalue weighted by Crippen LogP contribution is -2.20. The molecule has 18 heavy (non-hydrogen) atoms. The fourth-order valence-electron chi connectivity index (χ4n) is 1.46. The Morgan fingerprint density at radius 3 is 2.83 bits per heavy atom. The summed E-state index contributed by atoms with van der Waals surface area (Å²) in [4.78, 5) is 11.0. The normalized spacial score (nSPS) is 10.4. The van der Waals surface area contributed by atoms with Gasteiger partial charge in [0.2, 0.25) is 0 Å². The summed E-state index contributed by atoms with van der Waals surface area (Å²) in [5, 5.41) is 11.5. The van der Waals surface area contributed by atoms with E-state index in [0.717, 1.165) is 13.0 Å². The number of nitrogens with one attached hydrogen (secondary N) is 1. The number of Topliss-reactive ketones (excluding diaryl/α,β-unsaturated/α-hetero) is 1. The molecule has 0 atom stereocenters. The van der Waals surface area contributed by atoms with Crippen molar-refractivity contribution in [3.63, 3.8) is 0 Å². The summed E-state index contributed by atoms with van der Waals surface area (Å²) in [6.07, 6.45) is 0.760. The van der Waals surface area contributed by atoms with Crippen LogP contribution < -0.4 is 10.1 Å². The zero-order valence-corrected chi connectivity index (χ0v) is 10.4. The molecule has 0 saturated heterocycles. The largest absolute Gasteiger partial charge is 0.493 e. The minimum Gasteiger partial charge on any atom is -0.493 e. The van der Waals surface area contributed by atoms with Crippen molar-refractivity contribution in [3.8, 4) is 5.75 Å². The summed E-state index contributed by atoms with van der Waals surface area (Å²) >= 11 is 0. The monoisotopic (exact) mass is 255 g/mol. The molecule has 0 aliphatic heterocycles. The fourth-order valence-corrected chi connectivity index (χ4v) is 1.46. The number of hydrogen-bond acceptors (Lipinski definition) is 4. The molecule has 4 nitrogen and oxygen atoms in total. The average Bonchev–Trinajstić information content (AvgIpc) is 2.33. The SMILES string of the molecule is CC(=O)c1ccc(OCCCNCCO)cc1F. The number of carbonyl (C=O) groups excluding carboxylic acids is 1. The van der Waals surface area contributed by atoms with Gasteiger partial charge in [-0.2, -0.15) is 0 Å². The Kier molecular flexibility index (Phi) is 6.32. The lowest BCUT2D eigenvalue weighted by molar-refractivity contribution is 0.101. The first-order valence-corrected chi connectivity index (χ1v) is 5.90. The number of hydrogen-bond donors (Lipinski definition) is 2. The molecule has 0 aliphatic rings. The number of benzene rings is 1. The van der Waals surface area contributed by atoms with Crippen LogP contribution in [0.15, 0.2) is 18.2 Å². The van der Waals surface area contributed by atoms with E-state index < -0.39 is 5.82 Å². The predicted molar refractivity (Wildman–Crippen MR) is 66.5 cm³/mol. The highest BCUT2D eigenvalue weighted by atomic mass is 19.1. The first-order valence-electron chi connectivity index (χ1n) is 5.90. The molecule has 0 spiro atoms. The van der Waals surface area contributed by atoms with E-state index in [4.69, 9.17) is 9.84 Å². The Labute approximate surface area is 106 Å². The summed E-state index contributed by atoms with van der Waals surface area (Å²) in [6, 6.07) is 4.23. The number of aliphatic hydroxyl groups excluding tert-OH is 1. The van der Waals surface area contributed by atoms with Crippen molar-refractivity contribution in [3.05, 3.63) is 29.6 Å². The lowest BCUT2D eigenvalue weighted by Gasteiger charge is -2.07. The van der Waals surface area contributed by atoms with E-state index in [0.29, 0.717) is 18.9 Å². The van der Waals surface area contributed by atoms with Crippen molar-refractivity contribution in [1.82, 2.24) is 5.32 Å². The molecule has 5 heteroatoms. The second-order valence-corrected chi connectivity index (χ2v) is 3.87. The van der Waals surface area contributed by atoms with E-state index in [1.54, 1.807) is 6.07 Å². The molecule has 0 heterocycles. The molecule has 1 rings (SSSR count). The van der Waals surface area contributed by atoms with Gasteiger partial charge in [0.1, 0.15) is 11.6 Å². The summed E-state index contributed by atoms with van der Waals surface area (Å²) in [5.41, 5.74) is 0.0759. The van der Waals surface area contributed by atoms with Crippen molar-refractivity contribution in [2.75, 3.05) is 26.3 Å². The lowest BCUT2D eigenvalue weighted by atomic mass is 10.1. The highest BCUT2D eigenvalue weighted by Crippen LogP contribution is 2.17. The van der Waals surface area contributed by atoms with Crippen LogP contribution in [0.5, 0.6) is 5.75 Å². The van der Waals surface area contributed by atoms with E-state index in [2.05, 4.69) is 5.32 Å². The van der Waals surface area contributed by atoms with Crippen LogP contribution in [0.3, 0.4) is 0 Å². The second-order valence-electron chi connectivity index (χ2n) is 3.87. The van der Waals surface area contributed by atoms with Crippen LogP contribution >= 0.6 is 0 Å². The van der Waals surface area contributed by atoms with Gasteiger partial charge in [0.25, 0.3) is 0 Å². The Morgan fingerprint density at radius 2 is 2.22 bits per heavy atom. The van der Waals surface area contributed by atoms with Crippen molar-refractivity contribution >= 4 is 5.78 Å². The summed E-state index contributed by atoms with van der Waals surface area (Å²) in [6.45, 7) is 3.18. The van der Waals surface area contributed by atoms with Crippen molar-refractivity contribution in [2.24, 2.45) is 0 Å². The Bertz CT molecular complexity index is 396. The van der Waals surface area contributed by atoms with Gasteiger partial charge in [-0.1, -0.05) is 0 Å². The number of ether oxygens (including phenoxy) is 1. The molecule has 1 aromatic rings.